The topological polar surface area (TPSA) is 43.8 Å². The van der Waals surface area contributed by atoms with E-state index in [1.165, 1.54) is 6.07 Å². The van der Waals surface area contributed by atoms with E-state index in [1.807, 2.05) is 11.5 Å². The van der Waals surface area contributed by atoms with Crippen LogP contribution in [0.5, 0.6) is 0 Å². The van der Waals surface area contributed by atoms with Crippen LogP contribution in [-0.4, -0.2) is 9.55 Å². The molecule has 0 bridgehead atoms. The summed E-state index contributed by atoms with van der Waals surface area (Å²) in [5.41, 5.74) is 6.79. The van der Waals surface area contributed by atoms with Gasteiger partial charge in [-0.2, -0.15) is 0 Å². The van der Waals surface area contributed by atoms with E-state index >= 15 is 0 Å². The van der Waals surface area contributed by atoms with Crippen molar-refractivity contribution in [1.29, 1.82) is 0 Å². The molecule has 0 atom stereocenters. The molecule has 0 spiro atoms. The van der Waals surface area contributed by atoms with Crippen molar-refractivity contribution in [3.05, 3.63) is 34.9 Å². The highest BCUT2D eigenvalue weighted by molar-refractivity contribution is 6.33. The fraction of sp³-hybridized carbons (Fsp3) is 0.357. The molecule has 0 fully saturated rings. The molecule has 0 amide bonds. The molecule has 2 aromatic rings. The van der Waals surface area contributed by atoms with Crippen LogP contribution in [0.2, 0.25) is 5.02 Å². The number of rotatable bonds is 3. The first-order chi connectivity index (χ1) is 8.91. The number of hydrogen-bond donors (Lipinski definition) is 1. The Morgan fingerprint density at radius 1 is 1.42 bits per heavy atom. The highest BCUT2D eigenvalue weighted by Gasteiger charge is 2.19. The molecule has 0 radical (unpaired) electrons. The average Bonchev–Trinajstić information content (AvgIpc) is 2.57. The molecular weight excluding hydrogens is 265 g/mol. The van der Waals surface area contributed by atoms with Crippen LogP contribution in [-0.2, 0) is 6.54 Å². The molecule has 5 heteroatoms. The molecule has 0 aliphatic heterocycles. The minimum atomic E-state index is -0.409. The lowest BCUT2D eigenvalue weighted by molar-refractivity contribution is 0.518. The standard InChI is InChI=1S/C14H17ClFN3/c1-8(2)7-19-9(3)18-13(14(19)17)12-10(15)5-4-6-11(12)16/h4-6,8H,7,17H2,1-3H3. The number of halogens is 2. The molecule has 19 heavy (non-hydrogen) atoms. The highest BCUT2D eigenvalue weighted by atomic mass is 35.5. The lowest BCUT2D eigenvalue weighted by atomic mass is 10.1. The Balaban J connectivity index is 2.58. The second kappa shape index (κ2) is 5.21. The molecule has 2 rings (SSSR count). The summed E-state index contributed by atoms with van der Waals surface area (Å²) in [5, 5.41) is 0.320. The lowest BCUT2D eigenvalue weighted by Gasteiger charge is -2.10. The first-order valence-corrected chi connectivity index (χ1v) is 6.56. The quantitative estimate of drug-likeness (QED) is 0.927. The Hall–Kier alpha value is -1.55. The Bertz CT molecular complexity index is 585. The maximum absolute atomic E-state index is 13.9. The molecule has 1 aromatic carbocycles. The van der Waals surface area contributed by atoms with E-state index in [1.54, 1.807) is 12.1 Å². The van der Waals surface area contributed by atoms with Crippen molar-refractivity contribution in [3.8, 4) is 11.3 Å². The van der Waals surface area contributed by atoms with Gasteiger partial charge in [0.05, 0.1) is 10.6 Å². The summed E-state index contributed by atoms with van der Waals surface area (Å²) in [5.74, 6) is 1.24. The molecule has 0 saturated heterocycles. The summed E-state index contributed by atoms with van der Waals surface area (Å²) < 4.78 is 15.8. The number of nitrogens with zero attached hydrogens (tertiary/aromatic N) is 2. The third-order valence-corrected chi connectivity index (χ3v) is 3.26. The predicted octanol–water partition coefficient (Wildman–Crippen LogP) is 3.89. The first-order valence-electron chi connectivity index (χ1n) is 6.18. The summed E-state index contributed by atoms with van der Waals surface area (Å²) >= 11 is 6.06. The number of imidazole rings is 1. The van der Waals surface area contributed by atoms with Gasteiger partial charge in [0.15, 0.2) is 0 Å². The predicted molar refractivity (Wildman–Crippen MR) is 76.6 cm³/mol. The monoisotopic (exact) mass is 281 g/mol. The Morgan fingerprint density at radius 3 is 2.68 bits per heavy atom. The normalized spacial score (nSPS) is 11.3. The molecule has 0 saturated carbocycles. The van der Waals surface area contributed by atoms with E-state index in [2.05, 4.69) is 18.8 Å². The summed E-state index contributed by atoms with van der Waals surface area (Å²) in [6.07, 6.45) is 0. The zero-order valence-corrected chi connectivity index (χ0v) is 12.0. The van der Waals surface area contributed by atoms with E-state index in [9.17, 15) is 4.39 Å². The van der Waals surface area contributed by atoms with Crippen molar-refractivity contribution in [2.45, 2.75) is 27.3 Å². The second-order valence-electron chi connectivity index (χ2n) is 4.99. The van der Waals surface area contributed by atoms with Crippen LogP contribution < -0.4 is 5.73 Å². The van der Waals surface area contributed by atoms with Crippen LogP contribution in [0.1, 0.15) is 19.7 Å². The van der Waals surface area contributed by atoms with Crippen molar-refractivity contribution >= 4 is 17.4 Å². The summed E-state index contributed by atoms with van der Waals surface area (Å²) in [6, 6.07) is 4.56. The van der Waals surface area contributed by atoms with Crippen molar-refractivity contribution in [2.75, 3.05) is 5.73 Å². The molecule has 1 aromatic heterocycles. The number of aryl methyl sites for hydroxylation is 1. The minimum absolute atomic E-state index is 0.271. The second-order valence-corrected chi connectivity index (χ2v) is 5.40. The number of hydrogen-bond acceptors (Lipinski definition) is 2. The zero-order valence-electron chi connectivity index (χ0n) is 11.2. The molecule has 1 heterocycles. The van der Waals surface area contributed by atoms with Gasteiger partial charge in [-0.05, 0) is 25.0 Å². The maximum atomic E-state index is 13.9. The van der Waals surface area contributed by atoms with Crippen molar-refractivity contribution in [1.82, 2.24) is 9.55 Å². The third kappa shape index (κ3) is 2.59. The van der Waals surface area contributed by atoms with Gasteiger partial charge in [-0.15, -0.1) is 0 Å². The Kier molecular flexibility index (Phi) is 3.80. The fourth-order valence-corrected chi connectivity index (χ4v) is 2.34. The number of nitrogen functional groups attached to an aromatic ring is 1. The number of nitrogens with two attached hydrogens (primary N) is 1. The number of anilines is 1. The Labute approximate surface area is 117 Å². The van der Waals surface area contributed by atoms with E-state index in [0.29, 0.717) is 22.5 Å². The molecule has 0 aliphatic rings. The molecule has 0 unspecified atom stereocenters. The van der Waals surface area contributed by atoms with Gasteiger partial charge in [-0.25, -0.2) is 9.37 Å². The average molecular weight is 282 g/mol. The fourth-order valence-electron chi connectivity index (χ4n) is 2.09. The van der Waals surface area contributed by atoms with Gasteiger partial charge in [-0.1, -0.05) is 31.5 Å². The summed E-state index contributed by atoms with van der Waals surface area (Å²) in [4.78, 5) is 4.37. The van der Waals surface area contributed by atoms with E-state index in [4.69, 9.17) is 17.3 Å². The third-order valence-electron chi connectivity index (χ3n) is 2.94. The van der Waals surface area contributed by atoms with Gasteiger partial charge in [0.25, 0.3) is 0 Å². The molecule has 3 nitrogen and oxygen atoms in total. The van der Waals surface area contributed by atoms with Crippen LogP contribution in [0.15, 0.2) is 18.2 Å². The molecule has 0 aliphatic carbocycles. The summed E-state index contributed by atoms with van der Waals surface area (Å²) in [7, 11) is 0. The van der Waals surface area contributed by atoms with Gasteiger partial charge >= 0.3 is 0 Å². The van der Waals surface area contributed by atoms with E-state index < -0.39 is 5.82 Å². The van der Waals surface area contributed by atoms with E-state index in [0.717, 1.165) is 12.4 Å². The number of aromatic nitrogens is 2. The van der Waals surface area contributed by atoms with Gasteiger partial charge in [0.1, 0.15) is 23.2 Å². The zero-order chi connectivity index (χ0) is 14.2. The van der Waals surface area contributed by atoms with Gasteiger partial charge in [0, 0.05) is 6.54 Å². The smallest absolute Gasteiger partial charge is 0.134 e. The van der Waals surface area contributed by atoms with Crippen LogP contribution in [0, 0.1) is 18.7 Å². The molecular formula is C14H17ClFN3. The molecule has 2 N–H and O–H groups in total. The van der Waals surface area contributed by atoms with E-state index in [-0.39, 0.29) is 5.56 Å². The van der Waals surface area contributed by atoms with Gasteiger partial charge in [-0.3, -0.25) is 0 Å². The Morgan fingerprint density at radius 2 is 2.11 bits per heavy atom. The van der Waals surface area contributed by atoms with Gasteiger partial charge in [0.2, 0.25) is 0 Å². The van der Waals surface area contributed by atoms with Crippen molar-refractivity contribution in [3.63, 3.8) is 0 Å². The van der Waals surface area contributed by atoms with Crippen molar-refractivity contribution < 1.29 is 4.39 Å². The summed E-state index contributed by atoms with van der Waals surface area (Å²) in [6.45, 7) is 6.79. The number of benzene rings is 1. The van der Waals surface area contributed by atoms with Crippen molar-refractivity contribution in [2.24, 2.45) is 5.92 Å². The highest BCUT2D eigenvalue weighted by Crippen LogP contribution is 2.34. The first kappa shape index (κ1) is 13.9. The van der Waals surface area contributed by atoms with Crippen LogP contribution >= 0.6 is 11.6 Å². The largest absolute Gasteiger partial charge is 0.383 e. The minimum Gasteiger partial charge on any atom is -0.383 e. The molecule has 102 valence electrons. The van der Waals surface area contributed by atoms with Crippen LogP contribution in [0.4, 0.5) is 10.2 Å². The lowest BCUT2D eigenvalue weighted by Crippen LogP contribution is -2.09. The van der Waals surface area contributed by atoms with Crippen LogP contribution in [0.25, 0.3) is 11.3 Å². The van der Waals surface area contributed by atoms with Gasteiger partial charge < -0.3 is 10.3 Å². The SMILES string of the molecule is Cc1nc(-c2c(F)cccc2Cl)c(N)n1CC(C)C. The maximum Gasteiger partial charge on any atom is 0.134 e. The van der Waals surface area contributed by atoms with Crippen LogP contribution in [0.3, 0.4) is 0 Å².